The molecule has 0 unspecified atom stereocenters. The van der Waals surface area contributed by atoms with E-state index in [9.17, 15) is 28.7 Å². The second-order valence-corrected chi connectivity index (χ2v) is 11.8. The number of carbonyl (C=O) groups is 4. The summed E-state index contributed by atoms with van der Waals surface area (Å²) in [4.78, 5) is 53.8. The Labute approximate surface area is 224 Å². The summed E-state index contributed by atoms with van der Waals surface area (Å²) in [6.45, 7) is 0.457. The monoisotopic (exact) mass is 544 g/mol. The van der Waals surface area contributed by atoms with Crippen molar-refractivity contribution in [3.8, 4) is 5.75 Å². The van der Waals surface area contributed by atoms with E-state index in [-0.39, 0.29) is 59.3 Å². The van der Waals surface area contributed by atoms with Gasteiger partial charge in [0.05, 0.1) is 17.3 Å². The van der Waals surface area contributed by atoms with E-state index in [0.29, 0.717) is 41.3 Å². The third-order valence-corrected chi connectivity index (χ3v) is 10.8. The van der Waals surface area contributed by atoms with Crippen LogP contribution in [0.4, 0.5) is 10.1 Å². The first-order valence-corrected chi connectivity index (χ1v) is 13.2. The highest BCUT2D eigenvalue weighted by molar-refractivity contribution is 5.99. The molecule has 13 heteroatoms. The van der Waals surface area contributed by atoms with Crippen molar-refractivity contribution in [1.82, 2.24) is 25.2 Å². The number of aliphatic carboxylic acids is 1. The van der Waals surface area contributed by atoms with Crippen molar-refractivity contribution in [3.05, 3.63) is 53.2 Å². The van der Waals surface area contributed by atoms with E-state index in [4.69, 9.17) is 4.74 Å². The largest absolute Gasteiger partial charge is 0.482 e. The molecule has 0 radical (unpaired) electrons. The number of carboxylic acids is 1. The second kappa shape index (κ2) is 6.77. The molecule has 1 aromatic carbocycles. The van der Waals surface area contributed by atoms with Crippen LogP contribution in [0.5, 0.6) is 5.75 Å². The van der Waals surface area contributed by atoms with Gasteiger partial charge in [0.25, 0.3) is 17.7 Å². The van der Waals surface area contributed by atoms with Gasteiger partial charge in [-0.1, -0.05) is 6.07 Å². The summed E-state index contributed by atoms with van der Waals surface area (Å²) in [6, 6.07) is 6.39. The van der Waals surface area contributed by atoms with Crippen LogP contribution in [0, 0.1) is 52.2 Å². The number of rotatable bonds is 7. The lowest BCUT2D eigenvalue weighted by Crippen LogP contribution is -3.11. The van der Waals surface area contributed by atoms with Gasteiger partial charge in [0.2, 0.25) is 0 Å². The van der Waals surface area contributed by atoms with Gasteiger partial charge in [-0.3, -0.25) is 19.2 Å². The molecule has 6 saturated carbocycles. The van der Waals surface area contributed by atoms with Crippen LogP contribution in [0.15, 0.2) is 30.5 Å². The van der Waals surface area contributed by atoms with Crippen molar-refractivity contribution in [3.63, 3.8) is 0 Å². The standard InChI is InChI=1S/C27H21FN6O6/c28-10-6-31-34-13(24(37)30-8-26-16-19-17(26)21-18(26)20(16)27(19,21)25(38)39)4-12(33-22(10)34)23(36)29-5-9-1-2-14-11(3-9)32-15(35)7-40-14/h1-4,6,16-21H,5,7-8H2,(H,29,36)(H,30,37)(H,32,35)(H,38,39). The maximum absolute atomic E-state index is 14.5. The van der Waals surface area contributed by atoms with Gasteiger partial charge in [-0.2, -0.15) is 5.10 Å². The van der Waals surface area contributed by atoms with Gasteiger partial charge in [0.1, 0.15) is 17.1 Å². The highest BCUT2D eigenvalue weighted by atomic mass is 19.1. The first-order valence-electron chi connectivity index (χ1n) is 13.2. The zero-order chi connectivity index (χ0) is 27.3. The SMILES string of the molecule is O=C1COc2ccc(CNC(=O)c3cc(C(=O)NCC45C6C7C4C4C5C6C74C(=O)O)n4ncc(F)c4n3)cc2N1. The van der Waals surface area contributed by atoms with E-state index in [1.165, 1.54) is 6.07 Å². The fourth-order valence-corrected chi connectivity index (χ4v) is 9.58. The number of carboxylic acid groups (broad SMARTS) is 1. The molecule has 10 rings (SSSR count). The zero-order valence-corrected chi connectivity index (χ0v) is 20.7. The molecule has 2 aromatic heterocycles. The van der Waals surface area contributed by atoms with Gasteiger partial charge in [-0.05, 0) is 58.6 Å². The van der Waals surface area contributed by atoms with Gasteiger partial charge < -0.3 is 25.8 Å². The summed E-state index contributed by atoms with van der Waals surface area (Å²) >= 11 is 0. The smallest absolute Gasteiger partial charge is 0.310 e. The summed E-state index contributed by atoms with van der Waals surface area (Å²) < 4.78 is 20.9. The molecule has 202 valence electrons. The molecule has 12 nitrogen and oxygen atoms in total. The number of nitrogens with zero attached hydrogens (tertiary/aromatic N) is 3. The van der Waals surface area contributed by atoms with Crippen molar-refractivity contribution in [2.24, 2.45) is 46.3 Å². The first kappa shape index (κ1) is 22.3. The van der Waals surface area contributed by atoms with E-state index in [1.54, 1.807) is 18.2 Å². The van der Waals surface area contributed by atoms with Gasteiger partial charge >= 0.3 is 5.97 Å². The minimum atomic E-state index is -0.769. The summed E-state index contributed by atoms with van der Waals surface area (Å²) in [5.74, 6) is -0.427. The number of fused-ring (bicyclic) bond motifs is 2. The Morgan fingerprint density at radius 3 is 2.58 bits per heavy atom. The van der Waals surface area contributed by atoms with Crippen LogP contribution >= 0.6 is 0 Å². The lowest BCUT2D eigenvalue weighted by atomic mass is 8.92. The molecule has 3 heterocycles. The maximum Gasteiger partial charge on any atom is 0.310 e. The Kier molecular flexibility index (Phi) is 3.77. The predicted octanol–water partition coefficient (Wildman–Crippen LogP) is 0.682. The molecule has 4 N–H and O–H groups in total. The van der Waals surface area contributed by atoms with E-state index >= 15 is 0 Å². The molecule has 6 fully saturated rings. The van der Waals surface area contributed by atoms with Gasteiger partial charge in [0, 0.05) is 19.2 Å². The summed E-state index contributed by atoms with van der Waals surface area (Å²) in [5.41, 5.74) is 0.291. The Morgan fingerprint density at radius 2 is 1.85 bits per heavy atom. The van der Waals surface area contributed by atoms with Crippen molar-refractivity contribution in [2.45, 2.75) is 6.54 Å². The molecule has 1 aliphatic heterocycles. The van der Waals surface area contributed by atoms with Crippen LogP contribution in [0.25, 0.3) is 5.65 Å². The van der Waals surface area contributed by atoms with Crippen molar-refractivity contribution >= 4 is 35.0 Å². The Balaban J connectivity index is 0.923. The van der Waals surface area contributed by atoms with Crippen LogP contribution in [-0.2, 0) is 16.1 Å². The zero-order valence-electron chi connectivity index (χ0n) is 20.7. The number of benzene rings is 1. The van der Waals surface area contributed by atoms with Crippen molar-refractivity contribution in [1.29, 1.82) is 0 Å². The highest BCUT2D eigenvalue weighted by Crippen LogP contribution is 3.10. The Bertz CT molecular complexity index is 1710. The lowest BCUT2D eigenvalue weighted by Gasteiger charge is -3.10. The summed E-state index contributed by atoms with van der Waals surface area (Å²) in [6.07, 6.45) is 0.938. The van der Waals surface area contributed by atoms with E-state index in [2.05, 4.69) is 26.0 Å². The van der Waals surface area contributed by atoms with E-state index in [0.717, 1.165) is 10.7 Å². The molecule has 0 bridgehead atoms. The number of halogens is 1. The maximum atomic E-state index is 14.5. The van der Waals surface area contributed by atoms with Crippen LogP contribution in [0.3, 0.4) is 0 Å². The van der Waals surface area contributed by atoms with Crippen molar-refractivity contribution < 1.29 is 33.4 Å². The normalized spacial score (nSPS) is 35.8. The lowest BCUT2D eigenvalue weighted by molar-refractivity contribution is -0.640. The third kappa shape index (κ3) is 2.17. The number of carbonyl (C=O) groups excluding carboxylic acids is 3. The topological polar surface area (TPSA) is 164 Å². The number of hydrogen-bond acceptors (Lipinski definition) is 7. The predicted molar refractivity (Wildman–Crippen MR) is 130 cm³/mol. The third-order valence-electron chi connectivity index (χ3n) is 10.8. The second-order valence-electron chi connectivity index (χ2n) is 11.8. The van der Waals surface area contributed by atoms with E-state index in [1.807, 2.05) is 0 Å². The Morgan fingerprint density at radius 1 is 1.10 bits per heavy atom. The van der Waals surface area contributed by atoms with Crippen LogP contribution in [0.2, 0.25) is 0 Å². The summed E-state index contributed by atoms with van der Waals surface area (Å²) in [5, 5.41) is 22.0. The molecule has 0 saturated heterocycles. The minimum Gasteiger partial charge on any atom is -0.482 e. The Hall–Kier alpha value is -4.55. The molecular formula is C27H21FN6O6. The quantitative estimate of drug-likeness (QED) is 0.337. The number of ether oxygens (including phenoxy) is 1. The molecule has 40 heavy (non-hydrogen) atoms. The fraction of sp³-hybridized carbons (Fsp3) is 0.407. The number of anilines is 1. The number of aromatic nitrogens is 3. The summed E-state index contributed by atoms with van der Waals surface area (Å²) in [7, 11) is 0. The van der Waals surface area contributed by atoms with Gasteiger partial charge in [-0.15, -0.1) is 0 Å². The number of amides is 3. The van der Waals surface area contributed by atoms with E-state index < -0.39 is 29.0 Å². The minimum absolute atomic E-state index is 0.00599. The molecule has 7 aliphatic rings. The molecular weight excluding hydrogens is 523 g/mol. The van der Waals surface area contributed by atoms with Crippen LogP contribution < -0.4 is 20.7 Å². The average molecular weight is 544 g/mol. The molecule has 0 spiro atoms. The average Bonchev–Trinajstić information content (AvgIpc) is 3.34. The molecule has 3 amide bonds. The molecule has 3 aromatic rings. The van der Waals surface area contributed by atoms with Gasteiger partial charge in [0.15, 0.2) is 18.1 Å². The number of hydrogen-bond donors (Lipinski definition) is 4. The van der Waals surface area contributed by atoms with Crippen LogP contribution in [0.1, 0.15) is 26.5 Å². The fourth-order valence-electron chi connectivity index (χ4n) is 9.58. The van der Waals surface area contributed by atoms with Crippen LogP contribution in [-0.4, -0.2) is 56.5 Å². The first-order chi connectivity index (χ1) is 19.3. The molecule has 6 aliphatic carbocycles. The van der Waals surface area contributed by atoms with Crippen molar-refractivity contribution in [2.75, 3.05) is 18.5 Å². The highest BCUT2D eigenvalue weighted by Gasteiger charge is 3.11. The van der Waals surface area contributed by atoms with Gasteiger partial charge in [-0.25, -0.2) is 13.9 Å². The number of nitrogens with one attached hydrogen (secondary N) is 3. The molecule has 0 atom stereocenters.